The van der Waals surface area contributed by atoms with Crippen LogP contribution in [0.3, 0.4) is 0 Å². The first-order valence-electron chi connectivity index (χ1n) is 6.70. The molecule has 1 aliphatic rings. The first kappa shape index (κ1) is 12.8. The van der Waals surface area contributed by atoms with E-state index in [4.69, 9.17) is 10.2 Å². The molecule has 2 heterocycles. The van der Waals surface area contributed by atoms with Gasteiger partial charge in [0.2, 0.25) is 0 Å². The van der Waals surface area contributed by atoms with Gasteiger partial charge in [0.25, 0.3) is 5.91 Å². The zero-order valence-electron chi connectivity index (χ0n) is 12.0. The van der Waals surface area contributed by atoms with Gasteiger partial charge in [-0.15, -0.1) is 0 Å². The Morgan fingerprint density at radius 2 is 1.85 bits per heavy atom. The second-order valence-corrected chi connectivity index (χ2v) is 5.40. The normalized spacial score (nSPS) is 13.7. The van der Waals surface area contributed by atoms with Crippen LogP contribution in [0.1, 0.15) is 38.6 Å². The average molecular weight is 270 g/mol. The largest absolute Gasteiger partial charge is 0.466 e. The minimum Gasteiger partial charge on any atom is -0.466 e. The quantitative estimate of drug-likeness (QED) is 0.810. The van der Waals surface area contributed by atoms with E-state index in [-0.39, 0.29) is 5.91 Å². The number of hydrogen-bond donors (Lipinski definition) is 1. The van der Waals surface area contributed by atoms with Crippen molar-refractivity contribution in [1.82, 2.24) is 4.90 Å². The summed E-state index contributed by atoms with van der Waals surface area (Å²) in [6.45, 7) is 6.91. The van der Waals surface area contributed by atoms with Crippen LogP contribution in [0.5, 0.6) is 0 Å². The third-order valence-corrected chi connectivity index (χ3v) is 4.02. The van der Waals surface area contributed by atoms with Crippen LogP contribution in [0.2, 0.25) is 0 Å². The molecule has 2 N–H and O–H groups in total. The van der Waals surface area contributed by atoms with Crippen molar-refractivity contribution in [2.24, 2.45) is 0 Å². The van der Waals surface area contributed by atoms with Crippen LogP contribution in [0, 0.1) is 20.8 Å². The van der Waals surface area contributed by atoms with Crippen LogP contribution >= 0.6 is 0 Å². The standard InChI is InChI=1S/C16H18N2O2/c1-9-10(2)20-11(3)15(9)16(19)18-7-12-4-5-14(17)6-13(12)8-18/h4-6H,7-8,17H2,1-3H3. The lowest BCUT2D eigenvalue weighted by molar-refractivity contribution is 0.0749. The summed E-state index contributed by atoms with van der Waals surface area (Å²) < 4.78 is 5.55. The van der Waals surface area contributed by atoms with Crippen LogP contribution in [-0.2, 0) is 13.1 Å². The Morgan fingerprint density at radius 1 is 1.15 bits per heavy atom. The van der Waals surface area contributed by atoms with Gasteiger partial charge in [0.05, 0.1) is 5.56 Å². The number of nitrogen functional groups attached to an aromatic ring is 1. The van der Waals surface area contributed by atoms with E-state index in [2.05, 4.69) is 0 Å². The van der Waals surface area contributed by atoms with E-state index in [1.807, 2.05) is 43.9 Å². The minimum absolute atomic E-state index is 0.0339. The maximum atomic E-state index is 12.7. The SMILES string of the molecule is Cc1oc(C)c(C(=O)N2Cc3ccc(N)cc3C2)c1C. The number of nitrogens with two attached hydrogens (primary N) is 1. The molecule has 0 aliphatic carbocycles. The van der Waals surface area contributed by atoms with Crippen LogP contribution in [0.4, 0.5) is 5.69 Å². The molecule has 0 atom stereocenters. The van der Waals surface area contributed by atoms with Crippen molar-refractivity contribution in [2.75, 3.05) is 5.73 Å². The predicted octanol–water partition coefficient (Wildman–Crippen LogP) is 2.94. The molecule has 1 aromatic heterocycles. The number of carbonyl (C=O) groups is 1. The van der Waals surface area contributed by atoms with Gasteiger partial charge in [-0.05, 0) is 44.0 Å². The molecule has 1 amide bonds. The molecule has 0 saturated heterocycles. The molecule has 4 nitrogen and oxygen atoms in total. The Morgan fingerprint density at radius 3 is 2.50 bits per heavy atom. The van der Waals surface area contributed by atoms with Gasteiger partial charge >= 0.3 is 0 Å². The number of hydrogen-bond acceptors (Lipinski definition) is 3. The summed E-state index contributed by atoms with van der Waals surface area (Å²) >= 11 is 0. The topological polar surface area (TPSA) is 59.5 Å². The fourth-order valence-electron chi connectivity index (χ4n) is 2.82. The molecule has 3 rings (SSSR count). The van der Waals surface area contributed by atoms with Gasteiger partial charge in [-0.25, -0.2) is 0 Å². The van der Waals surface area contributed by atoms with Crippen molar-refractivity contribution >= 4 is 11.6 Å². The summed E-state index contributed by atoms with van der Waals surface area (Å²) in [5.41, 5.74) is 10.5. The first-order valence-corrected chi connectivity index (χ1v) is 6.70. The fourth-order valence-corrected chi connectivity index (χ4v) is 2.82. The maximum absolute atomic E-state index is 12.7. The number of furan rings is 1. The highest BCUT2D eigenvalue weighted by Gasteiger charge is 2.28. The first-order chi connectivity index (χ1) is 9.47. The number of rotatable bonds is 1. The summed E-state index contributed by atoms with van der Waals surface area (Å²) in [5.74, 6) is 1.54. The molecule has 1 aliphatic heterocycles. The summed E-state index contributed by atoms with van der Waals surface area (Å²) in [6.07, 6.45) is 0. The van der Waals surface area contributed by atoms with E-state index < -0.39 is 0 Å². The Balaban J connectivity index is 1.91. The number of anilines is 1. The van der Waals surface area contributed by atoms with E-state index in [1.165, 1.54) is 5.56 Å². The Labute approximate surface area is 118 Å². The number of carbonyl (C=O) groups excluding carboxylic acids is 1. The van der Waals surface area contributed by atoms with Crippen LogP contribution < -0.4 is 5.73 Å². The van der Waals surface area contributed by atoms with Gasteiger partial charge < -0.3 is 15.1 Å². The van der Waals surface area contributed by atoms with Crippen molar-refractivity contribution < 1.29 is 9.21 Å². The summed E-state index contributed by atoms with van der Waals surface area (Å²) in [5, 5.41) is 0. The minimum atomic E-state index is 0.0339. The molecular weight excluding hydrogens is 252 g/mol. The number of fused-ring (bicyclic) bond motifs is 1. The van der Waals surface area contributed by atoms with Crippen molar-refractivity contribution in [2.45, 2.75) is 33.9 Å². The van der Waals surface area contributed by atoms with E-state index in [0.717, 1.165) is 22.6 Å². The van der Waals surface area contributed by atoms with E-state index >= 15 is 0 Å². The van der Waals surface area contributed by atoms with E-state index in [9.17, 15) is 4.79 Å². The van der Waals surface area contributed by atoms with Gasteiger partial charge in [-0.1, -0.05) is 6.07 Å². The van der Waals surface area contributed by atoms with Gasteiger partial charge in [0.1, 0.15) is 11.5 Å². The maximum Gasteiger partial charge on any atom is 0.258 e. The Hall–Kier alpha value is -2.23. The molecule has 0 bridgehead atoms. The second kappa shape index (κ2) is 4.40. The third-order valence-electron chi connectivity index (χ3n) is 4.02. The van der Waals surface area contributed by atoms with Crippen molar-refractivity contribution in [3.8, 4) is 0 Å². The monoisotopic (exact) mass is 270 g/mol. The van der Waals surface area contributed by atoms with Crippen molar-refractivity contribution in [3.05, 3.63) is 52.0 Å². The van der Waals surface area contributed by atoms with E-state index in [0.29, 0.717) is 24.4 Å². The molecule has 104 valence electrons. The molecular formula is C16H18N2O2. The lowest BCUT2D eigenvalue weighted by atomic mass is 10.1. The van der Waals surface area contributed by atoms with Gasteiger partial charge in [0.15, 0.2) is 0 Å². The van der Waals surface area contributed by atoms with Gasteiger partial charge in [-0.3, -0.25) is 4.79 Å². The van der Waals surface area contributed by atoms with Crippen molar-refractivity contribution in [3.63, 3.8) is 0 Å². The summed E-state index contributed by atoms with van der Waals surface area (Å²) in [4.78, 5) is 14.5. The molecule has 4 heteroatoms. The third kappa shape index (κ3) is 1.88. The van der Waals surface area contributed by atoms with Crippen LogP contribution in [-0.4, -0.2) is 10.8 Å². The lowest BCUT2D eigenvalue weighted by Gasteiger charge is -2.15. The van der Waals surface area contributed by atoms with Crippen LogP contribution in [0.15, 0.2) is 22.6 Å². The number of nitrogens with zero attached hydrogens (tertiary/aromatic N) is 1. The van der Waals surface area contributed by atoms with Crippen LogP contribution in [0.25, 0.3) is 0 Å². The Bertz CT molecular complexity index is 701. The average Bonchev–Trinajstić information content (AvgIpc) is 2.91. The fraction of sp³-hybridized carbons (Fsp3) is 0.312. The zero-order chi connectivity index (χ0) is 14.4. The predicted molar refractivity (Wildman–Crippen MR) is 77.4 cm³/mol. The highest BCUT2D eigenvalue weighted by molar-refractivity contribution is 5.97. The smallest absolute Gasteiger partial charge is 0.258 e. The highest BCUT2D eigenvalue weighted by atomic mass is 16.3. The Kier molecular flexibility index (Phi) is 2.82. The molecule has 0 unspecified atom stereocenters. The number of amides is 1. The molecule has 0 spiro atoms. The molecule has 1 aromatic carbocycles. The molecule has 20 heavy (non-hydrogen) atoms. The molecule has 0 saturated carbocycles. The summed E-state index contributed by atoms with van der Waals surface area (Å²) in [7, 11) is 0. The van der Waals surface area contributed by atoms with Gasteiger partial charge in [-0.2, -0.15) is 0 Å². The summed E-state index contributed by atoms with van der Waals surface area (Å²) in [6, 6.07) is 5.83. The second-order valence-electron chi connectivity index (χ2n) is 5.40. The van der Waals surface area contributed by atoms with Crippen molar-refractivity contribution in [1.29, 1.82) is 0 Å². The molecule has 0 fully saturated rings. The van der Waals surface area contributed by atoms with E-state index in [1.54, 1.807) is 0 Å². The number of benzene rings is 1. The number of aryl methyl sites for hydroxylation is 2. The lowest BCUT2D eigenvalue weighted by Crippen LogP contribution is -2.26. The van der Waals surface area contributed by atoms with Gasteiger partial charge in [0, 0.05) is 24.3 Å². The molecule has 0 radical (unpaired) electrons. The zero-order valence-corrected chi connectivity index (χ0v) is 12.0. The molecule has 2 aromatic rings. The highest BCUT2D eigenvalue weighted by Crippen LogP contribution is 2.29.